The van der Waals surface area contributed by atoms with E-state index in [2.05, 4.69) is 4.98 Å². The number of ether oxygens (including phenoxy) is 1. The van der Waals surface area contributed by atoms with Gasteiger partial charge in [-0.2, -0.15) is 0 Å². The molecule has 1 spiro atoms. The molecule has 16 heavy (non-hydrogen) atoms. The number of alkyl halides is 1. The average Bonchev–Trinajstić information content (AvgIpc) is 2.82. The summed E-state index contributed by atoms with van der Waals surface area (Å²) >= 11 is 6.38. The number of hydrogen-bond donors (Lipinski definition) is 0. The van der Waals surface area contributed by atoms with Gasteiger partial charge in [-0.3, -0.25) is 4.98 Å². The number of nitrogens with zero attached hydrogens (tertiary/aromatic N) is 1. The standard InChI is InChI=1S/C13H16ClNO/c14-11-8-12(13(11)5-1-2-6-13)16-10-4-3-7-15-9-10/h3-4,7,9,11-12H,1-2,5-6,8H2. The van der Waals surface area contributed by atoms with E-state index in [0.717, 1.165) is 12.2 Å². The summed E-state index contributed by atoms with van der Waals surface area (Å²) in [5.41, 5.74) is 0.261. The minimum absolute atomic E-state index is 0.261. The van der Waals surface area contributed by atoms with Crippen molar-refractivity contribution >= 4 is 11.6 Å². The zero-order valence-corrected chi connectivity index (χ0v) is 9.99. The van der Waals surface area contributed by atoms with Crippen molar-refractivity contribution in [1.82, 2.24) is 4.98 Å². The Morgan fingerprint density at radius 3 is 2.81 bits per heavy atom. The van der Waals surface area contributed by atoms with Gasteiger partial charge in [0.05, 0.1) is 6.20 Å². The Hall–Kier alpha value is -0.760. The lowest BCUT2D eigenvalue weighted by atomic mass is 9.64. The molecule has 2 aliphatic rings. The van der Waals surface area contributed by atoms with Crippen molar-refractivity contribution in [2.24, 2.45) is 5.41 Å². The van der Waals surface area contributed by atoms with Gasteiger partial charge in [0.15, 0.2) is 0 Å². The number of rotatable bonds is 2. The topological polar surface area (TPSA) is 22.1 Å². The van der Waals surface area contributed by atoms with Gasteiger partial charge in [-0.25, -0.2) is 0 Å². The van der Waals surface area contributed by atoms with Crippen molar-refractivity contribution in [2.75, 3.05) is 0 Å². The molecule has 0 saturated heterocycles. The minimum Gasteiger partial charge on any atom is -0.488 e. The Labute approximate surface area is 101 Å². The van der Waals surface area contributed by atoms with Crippen molar-refractivity contribution in [1.29, 1.82) is 0 Å². The number of aromatic nitrogens is 1. The highest BCUT2D eigenvalue weighted by atomic mass is 35.5. The molecule has 1 heterocycles. The van der Waals surface area contributed by atoms with Crippen molar-refractivity contribution in [3.05, 3.63) is 24.5 Å². The van der Waals surface area contributed by atoms with E-state index < -0.39 is 0 Å². The molecule has 2 fully saturated rings. The smallest absolute Gasteiger partial charge is 0.138 e. The van der Waals surface area contributed by atoms with Gasteiger partial charge in [0.2, 0.25) is 0 Å². The van der Waals surface area contributed by atoms with Crippen LogP contribution in [0.15, 0.2) is 24.5 Å². The normalized spacial score (nSPS) is 31.3. The molecule has 0 amide bonds. The third-order valence-corrected chi connectivity index (χ3v) is 4.75. The summed E-state index contributed by atoms with van der Waals surface area (Å²) in [6.45, 7) is 0. The van der Waals surface area contributed by atoms with Gasteiger partial charge in [0, 0.05) is 23.4 Å². The van der Waals surface area contributed by atoms with Crippen LogP contribution in [0.3, 0.4) is 0 Å². The van der Waals surface area contributed by atoms with Crippen LogP contribution in [0.4, 0.5) is 0 Å². The predicted molar refractivity (Wildman–Crippen MR) is 63.8 cm³/mol. The van der Waals surface area contributed by atoms with Gasteiger partial charge >= 0.3 is 0 Å². The quantitative estimate of drug-likeness (QED) is 0.736. The summed E-state index contributed by atoms with van der Waals surface area (Å²) in [6.07, 6.45) is 9.90. The van der Waals surface area contributed by atoms with E-state index in [0.29, 0.717) is 11.5 Å². The monoisotopic (exact) mass is 237 g/mol. The fraction of sp³-hybridized carbons (Fsp3) is 0.615. The van der Waals surface area contributed by atoms with Crippen LogP contribution in [-0.2, 0) is 0 Å². The highest BCUT2D eigenvalue weighted by Crippen LogP contribution is 2.56. The third-order valence-electron chi connectivity index (χ3n) is 4.13. The first-order valence-corrected chi connectivity index (χ1v) is 6.46. The van der Waals surface area contributed by atoms with Crippen LogP contribution >= 0.6 is 11.6 Å². The van der Waals surface area contributed by atoms with Gasteiger partial charge in [-0.05, 0) is 25.0 Å². The van der Waals surface area contributed by atoms with E-state index in [1.54, 1.807) is 12.4 Å². The van der Waals surface area contributed by atoms with Crippen LogP contribution < -0.4 is 4.74 Å². The molecule has 86 valence electrons. The minimum atomic E-state index is 0.261. The summed E-state index contributed by atoms with van der Waals surface area (Å²) < 4.78 is 6.01. The largest absolute Gasteiger partial charge is 0.488 e. The van der Waals surface area contributed by atoms with Crippen molar-refractivity contribution < 1.29 is 4.74 Å². The zero-order chi connectivity index (χ0) is 11.0. The Balaban J connectivity index is 1.73. The fourth-order valence-corrected chi connectivity index (χ4v) is 3.63. The highest BCUT2D eigenvalue weighted by Gasteiger charge is 2.56. The number of halogens is 1. The molecule has 0 aromatic carbocycles. The number of pyridine rings is 1. The first-order chi connectivity index (χ1) is 7.81. The molecule has 3 rings (SSSR count). The summed E-state index contributed by atoms with van der Waals surface area (Å²) in [5, 5.41) is 0.316. The second-order valence-corrected chi connectivity index (χ2v) is 5.47. The lowest BCUT2D eigenvalue weighted by Gasteiger charge is -2.50. The second-order valence-electron chi connectivity index (χ2n) is 4.94. The van der Waals surface area contributed by atoms with Crippen LogP contribution in [0, 0.1) is 5.41 Å². The Morgan fingerprint density at radius 1 is 1.38 bits per heavy atom. The second kappa shape index (κ2) is 3.92. The molecule has 2 unspecified atom stereocenters. The van der Waals surface area contributed by atoms with E-state index >= 15 is 0 Å². The first-order valence-electron chi connectivity index (χ1n) is 6.02. The van der Waals surface area contributed by atoms with E-state index in [1.165, 1.54) is 25.7 Å². The maximum absolute atomic E-state index is 6.38. The lowest BCUT2D eigenvalue weighted by molar-refractivity contribution is -0.0357. The number of hydrogen-bond acceptors (Lipinski definition) is 2. The molecule has 2 aliphatic carbocycles. The molecule has 0 N–H and O–H groups in total. The molecule has 0 aliphatic heterocycles. The van der Waals surface area contributed by atoms with Crippen LogP contribution in [0.1, 0.15) is 32.1 Å². The Kier molecular flexibility index (Phi) is 2.55. The van der Waals surface area contributed by atoms with Crippen molar-refractivity contribution in [3.8, 4) is 5.75 Å². The van der Waals surface area contributed by atoms with E-state index in [4.69, 9.17) is 16.3 Å². The van der Waals surface area contributed by atoms with Crippen LogP contribution in [-0.4, -0.2) is 16.5 Å². The highest BCUT2D eigenvalue weighted by molar-refractivity contribution is 6.21. The van der Waals surface area contributed by atoms with Crippen molar-refractivity contribution in [2.45, 2.75) is 43.6 Å². The van der Waals surface area contributed by atoms with Crippen LogP contribution in [0.5, 0.6) is 5.75 Å². The SMILES string of the molecule is ClC1CC(Oc2cccnc2)C12CCCC2. The summed E-state index contributed by atoms with van der Waals surface area (Å²) in [7, 11) is 0. The van der Waals surface area contributed by atoms with Crippen molar-refractivity contribution in [3.63, 3.8) is 0 Å². The van der Waals surface area contributed by atoms with E-state index in [9.17, 15) is 0 Å². The molecule has 2 atom stereocenters. The van der Waals surface area contributed by atoms with E-state index in [1.807, 2.05) is 12.1 Å². The van der Waals surface area contributed by atoms with E-state index in [-0.39, 0.29) is 5.41 Å². The van der Waals surface area contributed by atoms with Gasteiger partial charge in [0.1, 0.15) is 11.9 Å². The summed E-state index contributed by atoms with van der Waals surface area (Å²) in [5.74, 6) is 0.877. The molecule has 1 aromatic rings. The summed E-state index contributed by atoms with van der Waals surface area (Å²) in [6, 6.07) is 3.88. The molecule has 2 nitrogen and oxygen atoms in total. The molecule has 2 saturated carbocycles. The van der Waals surface area contributed by atoms with Crippen LogP contribution in [0.25, 0.3) is 0 Å². The van der Waals surface area contributed by atoms with Gasteiger partial charge in [-0.1, -0.05) is 12.8 Å². The molecule has 3 heteroatoms. The molecule has 0 radical (unpaired) electrons. The molecular formula is C13H16ClNO. The lowest BCUT2D eigenvalue weighted by Crippen LogP contribution is -2.55. The molecule has 1 aromatic heterocycles. The zero-order valence-electron chi connectivity index (χ0n) is 9.23. The maximum atomic E-state index is 6.38. The van der Waals surface area contributed by atoms with Crippen LogP contribution in [0.2, 0.25) is 0 Å². The summed E-state index contributed by atoms with van der Waals surface area (Å²) in [4.78, 5) is 4.07. The molecule has 0 bridgehead atoms. The average molecular weight is 238 g/mol. The first kappa shape index (κ1) is 10.4. The van der Waals surface area contributed by atoms with Gasteiger partial charge in [-0.15, -0.1) is 11.6 Å². The molecular weight excluding hydrogens is 222 g/mol. The fourth-order valence-electron chi connectivity index (χ4n) is 3.11. The maximum Gasteiger partial charge on any atom is 0.138 e. The van der Waals surface area contributed by atoms with Gasteiger partial charge < -0.3 is 4.74 Å². The Bertz CT molecular complexity index is 361. The predicted octanol–water partition coefficient (Wildman–Crippen LogP) is 3.40. The Morgan fingerprint density at radius 2 is 2.19 bits per heavy atom. The third kappa shape index (κ3) is 1.51. The van der Waals surface area contributed by atoms with Gasteiger partial charge in [0.25, 0.3) is 0 Å².